The van der Waals surface area contributed by atoms with Gasteiger partial charge in [-0.1, -0.05) is 0 Å². The van der Waals surface area contributed by atoms with Crippen molar-refractivity contribution in [2.24, 2.45) is 0 Å². The summed E-state index contributed by atoms with van der Waals surface area (Å²) in [6.07, 6.45) is -15.6. The molecule has 15 nitrogen and oxygen atoms in total. The maximum Gasteiger partial charge on any atom is 0.229 e. The van der Waals surface area contributed by atoms with E-state index in [9.17, 15) is 40.5 Å². The molecule has 0 unspecified atom stereocenters. The molecule has 0 bridgehead atoms. The number of rotatable bonds is 8. The smallest absolute Gasteiger partial charge is 0.229 e. The number of hydrogen-bond acceptors (Lipinski definition) is 15. The van der Waals surface area contributed by atoms with E-state index >= 15 is 0 Å². The molecule has 3 heterocycles. The van der Waals surface area contributed by atoms with Gasteiger partial charge in [0.2, 0.25) is 12.0 Å². The Hall–Kier alpha value is -3.51. The number of phenols is 1. The second-order valence-electron chi connectivity index (χ2n) is 10.4. The fourth-order valence-electron chi connectivity index (χ4n) is 5.14. The third kappa shape index (κ3) is 5.81. The molecule has 2 aromatic carbocycles. The summed E-state index contributed by atoms with van der Waals surface area (Å²) in [7, 11) is 2.78. The number of fused-ring (bicyclic) bond motifs is 1. The highest BCUT2D eigenvalue weighted by Crippen LogP contribution is 2.44. The molecule has 10 atom stereocenters. The summed E-state index contributed by atoms with van der Waals surface area (Å²) in [5, 5.41) is 72.9. The summed E-state index contributed by atoms with van der Waals surface area (Å²) in [6.45, 7) is 0.659. The van der Waals surface area contributed by atoms with E-state index in [1.165, 1.54) is 33.3 Å². The lowest BCUT2D eigenvalue weighted by atomic mass is 9.97. The number of aromatic hydroxyl groups is 1. The van der Waals surface area contributed by atoms with Gasteiger partial charge in [-0.25, -0.2) is 0 Å². The average Bonchev–Trinajstić information content (AvgIpc) is 3.02. The Morgan fingerprint density at radius 2 is 1.52 bits per heavy atom. The standard InChI is InChI=1S/C29H34O15/c1-11-20(32)22(34)24(36)28(40-11)44-27-18(10-30)42-29(25(37)23(27)35)43-26-17(39-3)9-16-19(21(26)33)14(31)8-15(41-16)12-4-6-13(38-2)7-5-12/h4-9,11,18,20,22-25,27-30,32-37H,10H2,1-3H3/t11-,18+,20-,22+,23+,24+,25+,27+,28-,29-/m1/s1. The van der Waals surface area contributed by atoms with Crippen LogP contribution in [0.15, 0.2) is 45.6 Å². The maximum atomic E-state index is 13.1. The van der Waals surface area contributed by atoms with Crippen molar-refractivity contribution in [3.63, 3.8) is 0 Å². The van der Waals surface area contributed by atoms with Crippen LogP contribution in [-0.4, -0.2) is 118 Å². The first-order chi connectivity index (χ1) is 21.0. The van der Waals surface area contributed by atoms with Gasteiger partial charge in [-0.05, 0) is 31.2 Å². The van der Waals surface area contributed by atoms with Gasteiger partial charge in [0.1, 0.15) is 65.2 Å². The van der Waals surface area contributed by atoms with Crippen molar-refractivity contribution >= 4 is 11.0 Å². The lowest BCUT2D eigenvalue weighted by Crippen LogP contribution is -2.64. The molecule has 2 saturated heterocycles. The van der Waals surface area contributed by atoms with Crippen LogP contribution in [-0.2, 0) is 14.2 Å². The average molecular weight is 623 g/mol. The summed E-state index contributed by atoms with van der Waals surface area (Å²) in [5.41, 5.74) is -0.0969. The van der Waals surface area contributed by atoms with Crippen molar-refractivity contribution in [2.45, 2.75) is 68.3 Å². The van der Waals surface area contributed by atoms with E-state index < -0.39 is 84.9 Å². The van der Waals surface area contributed by atoms with Crippen molar-refractivity contribution in [1.29, 1.82) is 0 Å². The van der Waals surface area contributed by atoms with E-state index in [0.717, 1.165) is 0 Å². The number of aliphatic hydroxyl groups is 6. The molecule has 0 radical (unpaired) electrons. The number of methoxy groups -OCH3 is 2. The van der Waals surface area contributed by atoms with Crippen LogP contribution in [0.1, 0.15) is 6.92 Å². The van der Waals surface area contributed by atoms with E-state index in [0.29, 0.717) is 11.3 Å². The van der Waals surface area contributed by atoms with E-state index in [1.54, 1.807) is 24.3 Å². The Balaban J connectivity index is 1.41. The van der Waals surface area contributed by atoms with Gasteiger partial charge in [-0.2, -0.15) is 0 Å². The largest absolute Gasteiger partial charge is 0.504 e. The Morgan fingerprint density at radius 1 is 0.841 bits per heavy atom. The van der Waals surface area contributed by atoms with Gasteiger partial charge in [0.15, 0.2) is 23.2 Å². The van der Waals surface area contributed by atoms with Crippen molar-refractivity contribution in [2.75, 3.05) is 20.8 Å². The highest BCUT2D eigenvalue weighted by atomic mass is 16.7. The molecule has 2 aliphatic rings. The molecule has 5 rings (SSSR count). The quantitative estimate of drug-likeness (QED) is 0.163. The normalized spacial score (nSPS) is 32.4. The minimum absolute atomic E-state index is 0.0376. The Bertz CT molecular complexity index is 1510. The number of aliphatic hydroxyl groups excluding tert-OH is 6. The van der Waals surface area contributed by atoms with Crippen LogP contribution in [0.4, 0.5) is 0 Å². The molecule has 44 heavy (non-hydrogen) atoms. The molecule has 0 spiro atoms. The fraction of sp³-hybridized carbons (Fsp3) is 0.483. The molecule has 2 fully saturated rings. The van der Waals surface area contributed by atoms with Crippen LogP contribution in [0, 0.1) is 0 Å². The summed E-state index contributed by atoms with van der Waals surface area (Å²) in [4.78, 5) is 13.1. The first kappa shape index (κ1) is 31.9. The highest BCUT2D eigenvalue weighted by molar-refractivity contribution is 5.89. The Labute approximate surface area is 249 Å². The molecular weight excluding hydrogens is 588 g/mol. The van der Waals surface area contributed by atoms with Crippen molar-refractivity contribution in [3.8, 4) is 34.3 Å². The third-order valence-corrected chi connectivity index (χ3v) is 7.66. The summed E-state index contributed by atoms with van der Waals surface area (Å²) in [5.74, 6) is -0.429. The predicted molar refractivity (Wildman–Crippen MR) is 148 cm³/mol. The lowest BCUT2D eigenvalue weighted by Gasteiger charge is -2.45. The van der Waals surface area contributed by atoms with E-state index in [-0.39, 0.29) is 22.5 Å². The minimum Gasteiger partial charge on any atom is -0.504 e. The zero-order valence-electron chi connectivity index (χ0n) is 23.8. The molecule has 0 aliphatic carbocycles. The van der Waals surface area contributed by atoms with Gasteiger partial charge in [0.25, 0.3) is 0 Å². The van der Waals surface area contributed by atoms with Gasteiger partial charge >= 0.3 is 0 Å². The van der Waals surface area contributed by atoms with Crippen LogP contribution in [0.2, 0.25) is 0 Å². The lowest BCUT2D eigenvalue weighted by molar-refractivity contribution is -0.349. The molecule has 240 valence electrons. The van der Waals surface area contributed by atoms with Crippen molar-refractivity contribution in [3.05, 3.63) is 46.6 Å². The van der Waals surface area contributed by atoms with E-state index in [2.05, 4.69) is 0 Å². The molecule has 7 N–H and O–H groups in total. The number of hydrogen-bond donors (Lipinski definition) is 7. The fourth-order valence-corrected chi connectivity index (χ4v) is 5.14. The Kier molecular flexibility index (Phi) is 9.31. The van der Waals surface area contributed by atoms with Crippen LogP contribution in [0.3, 0.4) is 0 Å². The molecule has 3 aromatic rings. The van der Waals surface area contributed by atoms with Crippen LogP contribution >= 0.6 is 0 Å². The summed E-state index contributed by atoms with van der Waals surface area (Å²) < 4.78 is 38.7. The monoisotopic (exact) mass is 622 g/mol. The second kappa shape index (κ2) is 12.8. The zero-order chi connectivity index (χ0) is 31.9. The molecule has 15 heteroatoms. The maximum absolute atomic E-state index is 13.1. The highest BCUT2D eigenvalue weighted by Gasteiger charge is 2.50. The van der Waals surface area contributed by atoms with Crippen LogP contribution in [0.25, 0.3) is 22.3 Å². The van der Waals surface area contributed by atoms with Crippen LogP contribution < -0.4 is 19.6 Å². The number of phenolic OH excluding ortho intramolecular Hbond substituents is 1. The van der Waals surface area contributed by atoms with Gasteiger partial charge in [0.05, 0.1) is 26.9 Å². The Morgan fingerprint density at radius 3 is 2.16 bits per heavy atom. The predicted octanol–water partition coefficient (Wildman–Crippen LogP) is -0.787. The van der Waals surface area contributed by atoms with Crippen molar-refractivity contribution < 1.29 is 68.6 Å². The van der Waals surface area contributed by atoms with E-state index in [4.69, 9.17) is 32.8 Å². The summed E-state index contributed by atoms with van der Waals surface area (Å²) in [6, 6.07) is 9.22. The molecular formula is C29H34O15. The van der Waals surface area contributed by atoms with Crippen molar-refractivity contribution in [1.82, 2.24) is 0 Å². The molecule has 0 amide bonds. The minimum atomic E-state index is -1.87. The second-order valence-corrected chi connectivity index (χ2v) is 10.4. The number of benzene rings is 2. The van der Waals surface area contributed by atoms with Gasteiger partial charge < -0.3 is 68.6 Å². The zero-order valence-corrected chi connectivity index (χ0v) is 23.8. The van der Waals surface area contributed by atoms with Gasteiger partial charge in [-0.15, -0.1) is 0 Å². The third-order valence-electron chi connectivity index (χ3n) is 7.66. The topological polar surface area (TPSA) is 227 Å². The summed E-state index contributed by atoms with van der Waals surface area (Å²) >= 11 is 0. The first-order valence-electron chi connectivity index (χ1n) is 13.7. The first-order valence-corrected chi connectivity index (χ1v) is 13.7. The van der Waals surface area contributed by atoms with Crippen LogP contribution in [0.5, 0.6) is 23.0 Å². The SMILES string of the molecule is COc1ccc(-c2cc(=O)c3c(O)c(O[C@H]4O[C@@H](CO)[C@H](O[C@H]5O[C@H](C)[C@@H](O)[C@H](O)[C@@H]5O)[C@@H](O)[C@@H]4O)c(OC)cc3o2)cc1. The molecule has 2 aliphatic heterocycles. The van der Waals surface area contributed by atoms with Gasteiger partial charge in [0, 0.05) is 17.7 Å². The molecule has 0 saturated carbocycles. The molecule has 1 aromatic heterocycles. The van der Waals surface area contributed by atoms with E-state index in [1.807, 2.05) is 0 Å². The van der Waals surface area contributed by atoms with Gasteiger partial charge in [-0.3, -0.25) is 4.79 Å². The number of ether oxygens (including phenoxy) is 6.